The largest absolute Gasteiger partial charge is 0.389 e. The van der Waals surface area contributed by atoms with Crippen LogP contribution in [-0.2, 0) is 4.74 Å². The molecule has 0 aromatic heterocycles. The maximum absolute atomic E-state index is 9.39. The summed E-state index contributed by atoms with van der Waals surface area (Å²) in [5.74, 6) is 3.41. The van der Waals surface area contributed by atoms with Crippen molar-refractivity contribution in [3.05, 3.63) is 0 Å². The Morgan fingerprint density at radius 1 is 1.50 bits per heavy atom. The van der Waals surface area contributed by atoms with Crippen LogP contribution in [0.15, 0.2) is 0 Å². The molecule has 0 aliphatic carbocycles. The first-order chi connectivity index (χ1) is 6.83. The van der Waals surface area contributed by atoms with Gasteiger partial charge in [-0.25, -0.2) is 0 Å². The Hall–Kier alpha value is 0.230. The van der Waals surface area contributed by atoms with E-state index >= 15 is 0 Å². The molecular formula is C10H21NO2S. The molecule has 0 aromatic rings. The number of hydrogen-bond acceptors (Lipinski definition) is 4. The van der Waals surface area contributed by atoms with Crippen LogP contribution in [0.25, 0.3) is 0 Å². The van der Waals surface area contributed by atoms with Crippen LogP contribution < -0.4 is 5.32 Å². The van der Waals surface area contributed by atoms with E-state index < -0.39 is 0 Å². The average molecular weight is 219 g/mol. The van der Waals surface area contributed by atoms with Crippen LogP contribution in [0, 0.1) is 5.92 Å². The predicted molar refractivity (Wildman–Crippen MR) is 60.8 cm³/mol. The normalized spacial score (nSPS) is 21.0. The molecule has 0 radical (unpaired) electrons. The zero-order chi connectivity index (χ0) is 10.2. The summed E-state index contributed by atoms with van der Waals surface area (Å²) < 4.78 is 4.85. The van der Waals surface area contributed by atoms with Gasteiger partial charge in [0, 0.05) is 13.7 Å². The van der Waals surface area contributed by atoms with Crippen LogP contribution in [0.1, 0.15) is 12.8 Å². The second-order valence-corrected chi connectivity index (χ2v) is 5.05. The molecule has 0 spiro atoms. The van der Waals surface area contributed by atoms with Crippen molar-refractivity contribution in [2.75, 3.05) is 38.3 Å². The van der Waals surface area contributed by atoms with Crippen LogP contribution in [0.2, 0.25) is 0 Å². The number of aliphatic hydroxyl groups excluding tert-OH is 1. The van der Waals surface area contributed by atoms with Crippen molar-refractivity contribution in [2.24, 2.45) is 5.92 Å². The molecule has 1 heterocycles. The molecule has 1 aliphatic heterocycles. The molecule has 84 valence electrons. The lowest BCUT2D eigenvalue weighted by molar-refractivity contribution is 0.0639. The molecule has 1 aliphatic rings. The summed E-state index contributed by atoms with van der Waals surface area (Å²) in [6.45, 7) is 2.12. The second kappa shape index (κ2) is 7.51. The van der Waals surface area contributed by atoms with E-state index in [0.717, 1.165) is 12.5 Å². The number of methoxy groups -OCH3 is 1. The van der Waals surface area contributed by atoms with Crippen molar-refractivity contribution >= 4 is 11.8 Å². The molecule has 0 amide bonds. The molecule has 1 rings (SSSR count). The molecule has 1 saturated heterocycles. The highest BCUT2D eigenvalue weighted by atomic mass is 32.2. The van der Waals surface area contributed by atoms with E-state index in [1.54, 1.807) is 7.11 Å². The molecule has 1 fully saturated rings. The van der Waals surface area contributed by atoms with E-state index in [4.69, 9.17) is 4.74 Å². The van der Waals surface area contributed by atoms with Crippen molar-refractivity contribution in [3.8, 4) is 0 Å². The number of thioether (sulfide) groups is 1. The molecule has 14 heavy (non-hydrogen) atoms. The van der Waals surface area contributed by atoms with Crippen LogP contribution in [0.4, 0.5) is 0 Å². The standard InChI is InChI=1S/C10H21NO2S/c1-13-8-10(12)7-11-6-9-2-4-14-5-3-9/h9-12H,2-8H2,1H3. The number of rotatable bonds is 6. The average Bonchev–Trinajstić information content (AvgIpc) is 2.20. The van der Waals surface area contributed by atoms with Gasteiger partial charge in [0.25, 0.3) is 0 Å². The maximum Gasteiger partial charge on any atom is 0.0897 e. The van der Waals surface area contributed by atoms with Crippen molar-refractivity contribution in [2.45, 2.75) is 18.9 Å². The van der Waals surface area contributed by atoms with Gasteiger partial charge in [-0.05, 0) is 36.8 Å². The summed E-state index contributed by atoms with van der Waals surface area (Å²) in [5, 5.41) is 12.7. The van der Waals surface area contributed by atoms with Gasteiger partial charge >= 0.3 is 0 Å². The minimum Gasteiger partial charge on any atom is -0.389 e. The number of aliphatic hydroxyl groups is 1. The lowest BCUT2D eigenvalue weighted by Crippen LogP contribution is -2.34. The third-order valence-electron chi connectivity index (χ3n) is 2.51. The fourth-order valence-electron chi connectivity index (χ4n) is 1.66. The molecule has 3 nitrogen and oxygen atoms in total. The topological polar surface area (TPSA) is 41.5 Å². The molecule has 1 atom stereocenters. The highest BCUT2D eigenvalue weighted by molar-refractivity contribution is 7.99. The Labute approximate surface area is 90.6 Å². The van der Waals surface area contributed by atoms with Crippen LogP contribution in [-0.4, -0.2) is 49.5 Å². The van der Waals surface area contributed by atoms with Gasteiger partial charge in [0.05, 0.1) is 12.7 Å². The Bertz CT molecular complexity index is 140. The first-order valence-electron chi connectivity index (χ1n) is 5.28. The number of ether oxygens (including phenoxy) is 1. The minimum absolute atomic E-state index is 0.363. The highest BCUT2D eigenvalue weighted by Crippen LogP contribution is 2.21. The summed E-state index contributed by atoms with van der Waals surface area (Å²) in [6, 6.07) is 0. The fourth-order valence-corrected chi connectivity index (χ4v) is 2.86. The van der Waals surface area contributed by atoms with E-state index in [1.807, 2.05) is 11.8 Å². The third-order valence-corrected chi connectivity index (χ3v) is 3.56. The Kier molecular flexibility index (Phi) is 6.60. The minimum atomic E-state index is -0.363. The van der Waals surface area contributed by atoms with Crippen LogP contribution >= 0.6 is 11.8 Å². The summed E-state index contributed by atoms with van der Waals surface area (Å²) in [7, 11) is 1.61. The Morgan fingerprint density at radius 2 is 2.21 bits per heavy atom. The van der Waals surface area contributed by atoms with E-state index in [0.29, 0.717) is 13.2 Å². The first-order valence-corrected chi connectivity index (χ1v) is 6.44. The molecule has 2 N–H and O–H groups in total. The van der Waals surface area contributed by atoms with Gasteiger partial charge < -0.3 is 15.2 Å². The van der Waals surface area contributed by atoms with Crippen molar-refractivity contribution < 1.29 is 9.84 Å². The van der Waals surface area contributed by atoms with Crippen molar-refractivity contribution in [1.82, 2.24) is 5.32 Å². The summed E-state index contributed by atoms with van der Waals surface area (Å²) in [6.07, 6.45) is 2.27. The summed E-state index contributed by atoms with van der Waals surface area (Å²) >= 11 is 2.05. The van der Waals surface area contributed by atoms with Gasteiger partial charge in [-0.15, -0.1) is 0 Å². The van der Waals surface area contributed by atoms with Gasteiger partial charge in [-0.1, -0.05) is 0 Å². The van der Waals surface area contributed by atoms with Gasteiger partial charge in [0.2, 0.25) is 0 Å². The van der Waals surface area contributed by atoms with Crippen LogP contribution in [0.5, 0.6) is 0 Å². The lowest BCUT2D eigenvalue weighted by atomic mass is 10.0. The summed E-state index contributed by atoms with van der Waals surface area (Å²) in [4.78, 5) is 0. The van der Waals surface area contributed by atoms with E-state index in [-0.39, 0.29) is 6.10 Å². The fraction of sp³-hybridized carbons (Fsp3) is 1.00. The lowest BCUT2D eigenvalue weighted by Gasteiger charge is -2.22. The van der Waals surface area contributed by atoms with Crippen molar-refractivity contribution in [1.29, 1.82) is 0 Å². The van der Waals surface area contributed by atoms with Crippen LogP contribution in [0.3, 0.4) is 0 Å². The van der Waals surface area contributed by atoms with Gasteiger partial charge in [0.1, 0.15) is 0 Å². The Balaban J connectivity index is 1.96. The first kappa shape index (κ1) is 12.3. The monoisotopic (exact) mass is 219 g/mol. The molecule has 0 bridgehead atoms. The second-order valence-electron chi connectivity index (χ2n) is 3.82. The van der Waals surface area contributed by atoms with Gasteiger partial charge in [-0.3, -0.25) is 0 Å². The van der Waals surface area contributed by atoms with Crippen molar-refractivity contribution in [3.63, 3.8) is 0 Å². The van der Waals surface area contributed by atoms with Gasteiger partial charge in [0.15, 0.2) is 0 Å². The molecule has 4 heteroatoms. The number of hydrogen-bond donors (Lipinski definition) is 2. The quantitative estimate of drug-likeness (QED) is 0.691. The van der Waals surface area contributed by atoms with Gasteiger partial charge in [-0.2, -0.15) is 11.8 Å². The smallest absolute Gasteiger partial charge is 0.0897 e. The van der Waals surface area contributed by atoms with E-state index in [1.165, 1.54) is 24.3 Å². The Morgan fingerprint density at radius 3 is 2.86 bits per heavy atom. The number of nitrogens with one attached hydrogen (secondary N) is 1. The van der Waals surface area contributed by atoms with E-state index in [2.05, 4.69) is 5.32 Å². The maximum atomic E-state index is 9.39. The zero-order valence-electron chi connectivity index (χ0n) is 8.87. The molecular weight excluding hydrogens is 198 g/mol. The zero-order valence-corrected chi connectivity index (χ0v) is 9.68. The molecule has 0 aromatic carbocycles. The SMILES string of the molecule is COCC(O)CNCC1CCSCC1. The predicted octanol–water partition coefficient (Wildman–Crippen LogP) is 0.726. The van der Waals surface area contributed by atoms with E-state index in [9.17, 15) is 5.11 Å². The molecule has 1 unspecified atom stereocenters. The third kappa shape index (κ3) is 5.20. The summed E-state index contributed by atoms with van der Waals surface area (Å²) in [5.41, 5.74) is 0. The molecule has 0 saturated carbocycles. The highest BCUT2D eigenvalue weighted by Gasteiger charge is 2.13.